The molecule has 3 heterocycles. The van der Waals surface area contributed by atoms with Crippen LogP contribution >= 0.6 is 24.0 Å². The van der Waals surface area contributed by atoms with Gasteiger partial charge in [-0.15, -0.1) is 24.0 Å². The monoisotopic (exact) mass is 195 g/mol. The molecule has 0 aromatic heterocycles. The van der Waals surface area contributed by atoms with Gasteiger partial charge in [0, 0.05) is 11.9 Å². The van der Waals surface area contributed by atoms with E-state index in [1.807, 2.05) is 0 Å². The number of fused-ring (bicyclic) bond motifs is 3. The van der Waals surface area contributed by atoms with Gasteiger partial charge in [0.2, 0.25) is 0 Å². The molecule has 3 aliphatic heterocycles. The predicted octanol–water partition coefficient (Wildman–Crippen LogP) is 2.13. The van der Waals surface area contributed by atoms with Crippen molar-refractivity contribution in [1.29, 1.82) is 0 Å². The lowest BCUT2D eigenvalue weighted by atomic mass is 9.84. The molecule has 3 rings (SSSR count). The number of alkyl halides is 1. The van der Waals surface area contributed by atoms with Gasteiger partial charge in [-0.3, -0.25) is 4.90 Å². The van der Waals surface area contributed by atoms with Crippen LogP contribution in [-0.2, 0) is 0 Å². The maximum atomic E-state index is 5.83. The molecule has 3 saturated heterocycles. The summed E-state index contributed by atoms with van der Waals surface area (Å²) < 4.78 is 0. The lowest BCUT2D eigenvalue weighted by molar-refractivity contribution is 0.0611. The molecule has 0 saturated carbocycles. The van der Waals surface area contributed by atoms with Crippen LogP contribution in [0, 0.1) is 5.92 Å². The summed E-state index contributed by atoms with van der Waals surface area (Å²) in [5.74, 6) is 1.85. The van der Waals surface area contributed by atoms with Crippen LogP contribution in [0.1, 0.15) is 19.3 Å². The van der Waals surface area contributed by atoms with Crippen LogP contribution in [-0.4, -0.2) is 29.9 Å². The van der Waals surface area contributed by atoms with Crippen LogP contribution in [0.5, 0.6) is 0 Å². The highest BCUT2D eigenvalue weighted by atomic mass is 35.5. The smallest absolute Gasteiger partial charge is 0.0379 e. The summed E-state index contributed by atoms with van der Waals surface area (Å²) in [7, 11) is 0. The zero-order valence-electron chi connectivity index (χ0n) is 6.63. The molecule has 0 aromatic carbocycles. The Labute approximate surface area is 79.5 Å². The molecule has 2 bridgehead atoms. The number of piperidine rings is 3. The third-order valence-corrected chi connectivity index (χ3v) is 3.31. The van der Waals surface area contributed by atoms with E-state index in [4.69, 9.17) is 11.6 Å². The second-order valence-electron chi connectivity index (χ2n) is 3.52. The van der Waals surface area contributed by atoms with Crippen LogP contribution in [0.4, 0.5) is 0 Å². The lowest BCUT2D eigenvalue weighted by Gasteiger charge is -2.44. The molecular weight excluding hydrogens is 181 g/mol. The van der Waals surface area contributed by atoms with Crippen LogP contribution < -0.4 is 0 Å². The first-order valence-electron chi connectivity index (χ1n) is 4.20. The molecule has 3 heteroatoms. The number of hydrogen-bond acceptors (Lipinski definition) is 1. The Bertz CT molecular complexity index is 121. The Balaban J connectivity index is 0.000000605. The van der Waals surface area contributed by atoms with Gasteiger partial charge >= 0.3 is 0 Å². The molecule has 3 aliphatic rings. The number of nitrogens with zero attached hydrogens (tertiary/aromatic N) is 1. The van der Waals surface area contributed by atoms with E-state index >= 15 is 0 Å². The highest BCUT2D eigenvalue weighted by Gasteiger charge is 2.32. The Morgan fingerprint density at radius 2 is 1.91 bits per heavy atom. The van der Waals surface area contributed by atoms with Crippen LogP contribution in [0.15, 0.2) is 0 Å². The maximum absolute atomic E-state index is 5.83. The minimum absolute atomic E-state index is 0. The first-order chi connectivity index (χ1) is 4.90. The fourth-order valence-corrected chi connectivity index (χ4v) is 2.57. The van der Waals surface area contributed by atoms with Crippen molar-refractivity contribution in [2.75, 3.05) is 19.0 Å². The zero-order valence-corrected chi connectivity index (χ0v) is 8.20. The third-order valence-electron chi connectivity index (χ3n) is 2.95. The minimum Gasteiger partial charge on any atom is -0.299 e. The summed E-state index contributed by atoms with van der Waals surface area (Å²) in [6.45, 7) is 2.62. The molecule has 66 valence electrons. The van der Waals surface area contributed by atoms with Crippen LogP contribution in [0.2, 0.25) is 0 Å². The van der Waals surface area contributed by atoms with Crippen molar-refractivity contribution in [3.8, 4) is 0 Å². The van der Waals surface area contributed by atoms with E-state index in [0.717, 1.165) is 11.8 Å². The summed E-state index contributed by atoms with van der Waals surface area (Å²) in [5.41, 5.74) is 0. The maximum Gasteiger partial charge on any atom is 0.0379 e. The fourth-order valence-electron chi connectivity index (χ4n) is 2.25. The normalized spacial score (nSPS) is 41.7. The van der Waals surface area contributed by atoms with Gasteiger partial charge < -0.3 is 0 Å². The molecule has 3 fully saturated rings. The molecule has 1 nitrogen and oxygen atoms in total. The van der Waals surface area contributed by atoms with Crippen molar-refractivity contribution in [2.24, 2.45) is 5.92 Å². The molecule has 0 N–H and O–H groups in total. The van der Waals surface area contributed by atoms with Gasteiger partial charge in [0.05, 0.1) is 0 Å². The van der Waals surface area contributed by atoms with Gasteiger partial charge in [-0.2, -0.15) is 0 Å². The van der Waals surface area contributed by atoms with Gasteiger partial charge in [0.25, 0.3) is 0 Å². The second-order valence-corrected chi connectivity index (χ2v) is 3.83. The van der Waals surface area contributed by atoms with E-state index in [-0.39, 0.29) is 12.4 Å². The Morgan fingerprint density at radius 3 is 2.18 bits per heavy atom. The van der Waals surface area contributed by atoms with E-state index in [1.165, 1.54) is 32.4 Å². The highest BCUT2D eigenvalue weighted by molar-refractivity contribution is 6.18. The summed E-state index contributed by atoms with van der Waals surface area (Å²) in [4.78, 5) is 2.55. The van der Waals surface area contributed by atoms with Crippen molar-refractivity contribution in [2.45, 2.75) is 25.3 Å². The number of hydrogen-bond donors (Lipinski definition) is 0. The Hall–Kier alpha value is 0.540. The Kier molecular flexibility index (Phi) is 3.48. The van der Waals surface area contributed by atoms with Gasteiger partial charge in [-0.05, 0) is 38.3 Å². The minimum atomic E-state index is 0. The molecule has 0 amide bonds. The summed E-state index contributed by atoms with van der Waals surface area (Å²) in [6, 6.07) is 0.717. The average molecular weight is 196 g/mol. The first-order valence-corrected chi connectivity index (χ1v) is 4.73. The van der Waals surface area contributed by atoms with Crippen molar-refractivity contribution >= 4 is 24.0 Å². The van der Waals surface area contributed by atoms with Gasteiger partial charge in [0.1, 0.15) is 0 Å². The zero-order chi connectivity index (χ0) is 6.97. The van der Waals surface area contributed by atoms with E-state index in [9.17, 15) is 0 Å². The van der Waals surface area contributed by atoms with E-state index in [1.54, 1.807) is 0 Å². The number of halogens is 2. The second kappa shape index (κ2) is 3.97. The third kappa shape index (κ3) is 1.82. The van der Waals surface area contributed by atoms with Crippen LogP contribution in [0.3, 0.4) is 0 Å². The van der Waals surface area contributed by atoms with Crippen LogP contribution in [0.25, 0.3) is 0 Å². The molecule has 0 spiro atoms. The quantitative estimate of drug-likeness (QED) is 0.580. The van der Waals surface area contributed by atoms with Crippen molar-refractivity contribution in [1.82, 2.24) is 4.90 Å². The molecule has 0 aliphatic carbocycles. The molecule has 0 radical (unpaired) electrons. The fraction of sp³-hybridized carbons (Fsp3) is 1.00. The standard InChI is InChI=1S/C8H14ClN.ClH/c9-6-8-5-7-1-3-10(8)4-2-7;/h7-8H,1-6H2;1H. The van der Waals surface area contributed by atoms with E-state index < -0.39 is 0 Å². The first kappa shape index (κ1) is 9.63. The molecular formula is C8H15Cl2N. The largest absolute Gasteiger partial charge is 0.299 e. The average Bonchev–Trinajstić information content (AvgIpc) is 2.06. The topological polar surface area (TPSA) is 3.24 Å². The molecule has 1 atom stereocenters. The van der Waals surface area contributed by atoms with Crippen molar-refractivity contribution in [3.63, 3.8) is 0 Å². The highest BCUT2D eigenvalue weighted by Crippen LogP contribution is 2.31. The van der Waals surface area contributed by atoms with Gasteiger partial charge in [-0.25, -0.2) is 0 Å². The summed E-state index contributed by atoms with van der Waals surface area (Å²) in [5, 5.41) is 0. The van der Waals surface area contributed by atoms with Gasteiger partial charge in [-0.1, -0.05) is 0 Å². The SMILES string of the molecule is Cl.ClCC1CC2CCN1CC2. The lowest BCUT2D eigenvalue weighted by Crippen LogP contribution is -2.49. The van der Waals surface area contributed by atoms with E-state index in [2.05, 4.69) is 4.90 Å². The van der Waals surface area contributed by atoms with E-state index in [0.29, 0.717) is 6.04 Å². The summed E-state index contributed by atoms with van der Waals surface area (Å²) in [6.07, 6.45) is 4.21. The number of rotatable bonds is 1. The molecule has 1 unspecified atom stereocenters. The summed E-state index contributed by atoms with van der Waals surface area (Å²) >= 11 is 5.83. The molecule has 0 aromatic rings. The van der Waals surface area contributed by atoms with Crippen molar-refractivity contribution < 1.29 is 0 Å². The Morgan fingerprint density at radius 1 is 1.27 bits per heavy atom. The predicted molar refractivity (Wildman–Crippen MR) is 50.7 cm³/mol. The molecule has 11 heavy (non-hydrogen) atoms. The van der Waals surface area contributed by atoms with Gasteiger partial charge in [0.15, 0.2) is 0 Å². The van der Waals surface area contributed by atoms with Crippen molar-refractivity contribution in [3.05, 3.63) is 0 Å².